The SMILES string of the molecule is CC1CCC2(C(=O)OC3OC(CO)C(O)C(O)C3O)CCC3(C)C(=CCC4C5(C)CCC(OC6OC(C(=O)O)C(O)C(O)C6O)C(C)(CO)C5CCC43C)C2C1(C)O. The molecule has 21 unspecified atom stereocenters. The number of carbonyl (C=O) groups excluding carboxylic acids is 1. The zero-order chi connectivity index (χ0) is 42.7. The van der Waals surface area contributed by atoms with E-state index in [9.17, 15) is 60.7 Å². The van der Waals surface area contributed by atoms with Crippen LogP contribution < -0.4 is 0 Å². The average Bonchev–Trinajstić information content (AvgIpc) is 3.17. The molecule has 21 atom stereocenters. The van der Waals surface area contributed by atoms with Gasteiger partial charge in [0.25, 0.3) is 0 Å². The first-order valence-electron chi connectivity index (χ1n) is 21.1. The Balaban J connectivity index is 1.19. The van der Waals surface area contributed by atoms with Gasteiger partial charge in [-0.3, -0.25) is 4.79 Å². The van der Waals surface area contributed by atoms with Crippen LogP contribution in [-0.2, 0) is 28.5 Å². The second-order valence-corrected chi connectivity index (χ2v) is 20.2. The molecular weight excluding hydrogens is 760 g/mol. The van der Waals surface area contributed by atoms with Crippen molar-refractivity contribution in [3.05, 3.63) is 11.6 Å². The number of esters is 1. The molecule has 4 saturated carbocycles. The lowest BCUT2D eigenvalue weighted by molar-refractivity contribution is -0.327. The number of aliphatic hydroxyl groups is 9. The summed E-state index contributed by atoms with van der Waals surface area (Å²) in [6.45, 7) is 11.6. The van der Waals surface area contributed by atoms with Crippen LogP contribution in [0.3, 0.4) is 0 Å². The zero-order valence-corrected chi connectivity index (χ0v) is 34.4. The maximum atomic E-state index is 14.6. The Morgan fingerprint density at radius 2 is 1.43 bits per heavy atom. The van der Waals surface area contributed by atoms with E-state index in [4.69, 9.17) is 18.9 Å². The summed E-state index contributed by atoms with van der Waals surface area (Å²) in [7, 11) is 0. The number of aliphatic hydroxyl groups excluding tert-OH is 8. The molecule has 10 N–H and O–H groups in total. The lowest BCUT2D eigenvalue weighted by Crippen LogP contribution is -2.69. The first-order valence-corrected chi connectivity index (χ1v) is 21.1. The number of hydrogen-bond acceptors (Lipinski definition) is 15. The zero-order valence-electron chi connectivity index (χ0n) is 34.4. The molecule has 5 aliphatic carbocycles. The van der Waals surface area contributed by atoms with Gasteiger partial charge in [-0.2, -0.15) is 0 Å². The number of ether oxygens (including phenoxy) is 4. The summed E-state index contributed by atoms with van der Waals surface area (Å²) in [5.41, 5.74) is -3.52. The van der Waals surface area contributed by atoms with Gasteiger partial charge >= 0.3 is 11.9 Å². The van der Waals surface area contributed by atoms with Crippen molar-refractivity contribution in [1.82, 2.24) is 0 Å². The molecule has 6 fully saturated rings. The molecule has 0 radical (unpaired) electrons. The van der Waals surface area contributed by atoms with Crippen LogP contribution in [0.2, 0.25) is 0 Å². The van der Waals surface area contributed by atoms with Gasteiger partial charge in [-0.05, 0) is 98.7 Å². The second-order valence-electron chi connectivity index (χ2n) is 20.2. The van der Waals surface area contributed by atoms with E-state index in [1.807, 2.05) is 13.8 Å². The smallest absolute Gasteiger partial charge is 0.335 e. The number of hydrogen-bond donors (Lipinski definition) is 10. The molecule has 7 aliphatic rings. The third-order valence-corrected chi connectivity index (χ3v) is 17.7. The normalized spacial score (nSPS) is 55.5. The number of allylic oxidation sites excluding steroid dienone is 1. The highest BCUT2D eigenvalue weighted by atomic mass is 16.7. The van der Waals surface area contributed by atoms with Crippen molar-refractivity contribution in [3.8, 4) is 0 Å². The summed E-state index contributed by atoms with van der Waals surface area (Å²) in [6.07, 6.45) is -10.1. The van der Waals surface area contributed by atoms with E-state index in [0.717, 1.165) is 12.0 Å². The molecule has 58 heavy (non-hydrogen) atoms. The Labute approximate surface area is 339 Å². The van der Waals surface area contributed by atoms with Gasteiger partial charge in [0.1, 0.15) is 42.7 Å². The van der Waals surface area contributed by atoms with Crippen molar-refractivity contribution in [2.75, 3.05) is 13.2 Å². The summed E-state index contributed by atoms with van der Waals surface area (Å²) in [5.74, 6) is -2.98. The molecule has 2 aliphatic heterocycles. The Bertz CT molecular complexity index is 1620. The summed E-state index contributed by atoms with van der Waals surface area (Å²) in [6, 6.07) is 0. The predicted octanol–water partition coefficient (Wildman–Crippen LogP) is 0.352. The van der Waals surface area contributed by atoms with Crippen LogP contribution in [0.15, 0.2) is 11.6 Å². The van der Waals surface area contributed by atoms with E-state index < -0.39 is 114 Å². The van der Waals surface area contributed by atoms with E-state index in [0.29, 0.717) is 51.4 Å². The summed E-state index contributed by atoms with van der Waals surface area (Å²) < 4.78 is 23.3. The maximum Gasteiger partial charge on any atom is 0.335 e. The number of rotatable bonds is 7. The molecular formula is C42H66O16. The molecule has 0 spiro atoms. The Morgan fingerprint density at radius 3 is 2.07 bits per heavy atom. The molecule has 0 bridgehead atoms. The molecule has 330 valence electrons. The van der Waals surface area contributed by atoms with E-state index >= 15 is 0 Å². The minimum atomic E-state index is -1.86. The van der Waals surface area contributed by atoms with Crippen molar-refractivity contribution in [2.24, 2.45) is 50.7 Å². The standard InChI is InChI=1S/C42H66O16/c1-19-9-14-42(36(53)58-34-29(49)26(46)25(45)21(17-43)55-34)16-15-39(4)20(32(42)41(19,6)54)7-8-23-37(2)12-11-24(38(3,18-44)22(37)10-13-40(23,39)5)56-35-30(50)27(47)28(48)31(57-35)33(51)52/h7,19,21-32,34-35,43-50,54H,8-18H2,1-6H3,(H,51,52). The topological polar surface area (TPSA) is 273 Å². The molecule has 0 amide bonds. The minimum absolute atomic E-state index is 0.0825. The van der Waals surface area contributed by atoms with Gasteiger partial charge in [0.15, 0.2) is 12.4 Å². The molecule has 7 rings (SSSR count). The molecule has 0 aromatic heterocycles. The van der Waals surface area contributed by atoms with Crippen LogP contribution in [0.5, 0.6) is 0 Å². The van der Waals surface area contributed by atoms with Crippen LogP contribution in [0.4, 0.5) is 0 Å². The summed E-state index contributed by atoms with van der Waals surface area (Å²) in [5, 5.41) is 106. The lowest BCUT2D eigenvalue weighted by Gasteiger charge is -2.72. The van der Waals surface area contributed by atoms with Gasteiger partial charge < -0.3 is 70.0 Å². The van der Waals surface area contributed by atoms with Crippen LogP contribution in [0, 0.1) is 50.7 Å². The largest absolute Gasteiger partial charge is 0.479 e. The molecule has 0 aromatic rings. The van der Waals surface area contributed by atoms with Crippen LogP contribution >= 0.6 is 0 Å². The first-order chi connectivity index (χ1) is 27.0. The number of carbonyl (C=O) groups is 2. The van der Waals surface area contributed by atoms with Gasteiger partial charge in [0.05, 0.1) is 30.3 Å². The van der Waals surface area contributed by atoms with Crippen molar-refractivity contribution in [1.29, 1.82) is 0 Å². The third kappa shape index (κ3) is 6.13. The summed E-state index contributed by atoms with van der Waals surface area (Å²) >= 11 is 0. The fourth-order valence-corrected chi connectivity index (χ4v) is 13.8. The number of aliphatic carboxylic acids is 1. The first kappa shape index (κ1) is 44.3. The van der Waals surface area contributed by atoms with Crippen LogP contribution in [-0.4, -0.2) is 149 Å². The number of fused-ring (bicyclic) bond motifs is 7. The Morgan fingerprint density at radius 1 is 0.776 bits per heavy atom. The molecule has 16 nitrogen and oxygen atoms in total. The molecule has 0 aromatic carbocycles. The highest BCUT2D eigenvalue weighted by Gasteiger charge is 2.72. The average molecular weight is 827 g/mol. The van der Waals surface area contributed by atoms with E-state index in [2.05, 4.69) is 26.8 Å². The monoisotopic (exact) mass is 826 g/mol. The highest BCUT2D eigenvalue weighted by Crippen LogP contribution is 2.76. The second kappa shape index (κ2) is 14.9. The minimum Gasteiger partial charge on any atom is -0.479 e. The Hall–Kier alpha value is -1.80. The van der Waals surface area contributed by atoms with Crippen molar-refractivity contribution >= 4 is 11.9 Å². The number of carboxylic acid groups (broad SMARTS) is 1. The van der Waals surface area contributed by atoms with E-state index in [-0.39, 0.29) is 35.2 Å². The van der Waals surface area contributed by atoms with E-state index in [1.54, 1.807) is 6.92 Å². The molecule has 2 saturated heterocycles. The van der Waals surface area contributed by atoms with Crippen molar-refractivity contribution in [3.63, 3.8) is 0 Å². The van der Waals surface area contributed by atoms with Gasteiger partial charge in [-0.15, -0.1) is 0 Å². The van der Waals surface area contributed by atoms with E-state index in [1.165, 1.54) is 0 Å². The van der Waals surface area contributed by atoms with Gasteiger partial charge in [0.2, 0.25) is 6.29 Å². The fraction of sp³-hybridized carbons (Fsp3) is 0.905. The third-order valence-electron chi connectivity index (χ3n) is 17.7. The van der Waals surface area contributed by atoms with Crippen LogP contribution in [0.25, 0.3) is 0 Å². The fourth-order valence-electron chi connectivity index (χ4n) is 13.8. The van der Waals surface area contributed by atoms with Gasteiger partial charge in [-0.1, -0.05) is 46.3 Å². The van der Waals surface area contributed by atoms with Crippen LogP contribution in [0.1, 0.15) is 99.3 Å². The predicted molar refractivity (Wildman–Crippen MR) is 201 cm³/mol. The van der Waals surface area contributed by atoms with Gasteiger partial charge in [-0.25, -0.2) is 4.79 Å². The van der Waals surface area contributed by atoms with Crippen molar-refractivity contribution in [2.45, 2.75) is 172 Å². The quantitative estimate of drug-likeness (QED) is 0.0943. The summed E-state index contributed by atoms with van der Waals surface area (Å²) in [4.78, 5) is 26.5. The lowest BCUT2D eigenvalue weighted by atomic mass is 9.33. The molecule has 2 heterocycles. The molecule has 16 heteroatoms. The highest BCUT2D eigenvalue weighted by molar-refractivity contribution is 5.79. The maximum absolute atomic E-state index is 14.6. The van der Waals surface area contributed by atoms with Crippen molar-refractivity contribution < 1.29 is 79.6 Å². The van der Waals surface area contributed by atoms with Gasteiger partial charge in [0, 0.05) is 11.3 Å². The Kier molecular flexibility index (Phi) is 11.4. The number of carboxylic acids is 1.